The van der Waals surface area contributed by atoms with Crippen molar-refractivity contribution in [3.63, 3.8) is 0 Å². The first-order valence-corrected chi connectivity index (χ1v) is 5.60. The fourth-order valence-corrected chi connectivity index (χ4v) is 1.77. The van der Waals surface area contributed by atoms with E-state index < -0.39 is 29.4 Å². The number of aliphatic hydroxyl groups is 1. The molecule has 20 heavy (non-hydrogen) atoms. The number of benzene rings is 2. The molecule has 0 bridgehead atoms. The Morgan fingerprint density at radius 1 is 0.950 bits per heavy atom. The maximum atomic E-state index is 13.8. The number of aliphatic hydroxyl groups excluding tert-OH is 1. The molecule has 0 radical (unpaired) electrons. The molecule has 0 aromatic heterocycles. The second-order valence-corrected chi connectivity index (χ2v) is 4.09. The molecule has 0 spiro atoms. The normalized spacial score (nSPS) is 12.3. The highest BCUT2D eigenvalue weighted by atomic mass is 19.2. The first-order chi connectivity index (χ1) is 9.43. The number of hydrogen-bond donors (Lipinski definition) is 1. The molecular weight excluding hydrogens is 276 g/mol. The lowest BCUT2D eigenvalue weighted by atomic mass is 10.0. The molecule has 0 aliphatic rings. The monoisotopic (exact) mass is 286 g/mol. The van der Waals surface area contributed by atoms with Crippen LogP contribution in [0.1, 0.15) is 17.2 Å². The van der Waals surface area contributed by atoms with Crippen molar-refractivity contribution in [2.75, 3.05) is 7.11 Å². The van der Waals surface area contributed by atoms with Gasteiger partial charge >= 0.3 is 0 Å². The molecule has 2 nitrogen and oxygen atoms in total. The molecule has 6 heteroatoms. The van der Waals surface area contributed by atoms with Crippen LogP contribution in [0.25, 0.3) is 0 Å². The lowest BCUT2D eigenvalue weighted by Crippen LogP contribution is -2.05. The second kappa shape index (κ2) is 5.50. The van der Waals surface area contributed by atoms with Gasteiger partial charge in [-0.25, -0.2) is 17.6 Å². The van der Waals surface area contributed by atoms with Crippen LogP contribution in [0, 0.1) is 23.3 Å². The van der Waals surface area contributed by atoms with Crippen molar-refractivity contribution >= 4 is 0 Å². The van der Waals surface area contributed by atoms with E-state index in [2.05, 4.69) is 0 Å². The third-order valence-corrected chi connectivity index (χ3v) is 2.82. The third kappa shape index (κ3) is 2.60. The van der Waals surface area contributed by atoms with Crippen LogP contribution < -0.4 is 4.74 Å². The summed E-state index contributed by atoms with van der Waals surface area (Å²) >= 11 is 0. The van der Waals surface area contributed by atoms with Crippen molar-refractivity contribution in [1.29, 1.82) is 0 Å². The zero-order valence-electron chi connectivity index (χ0n) is 10.3. The van der Waals surface area contributed by atoms with Gasteiger partial charge < -0.3 is 9.84 Å². The molecule has 0 saturated carbocycles. The van der Waals surface area contributed by atoms with Crippen molar-refractivity contribution in [3.8, 4) is 5.75 Å². The summed E-state index contributed by atoms with van der Waals surface area (Å²) in [5.41, 5.74) is -0.485. The molecule has 0 amide bonds. The van der Waals surface area contributed by atoms with E-state index in [9.17, 15) is 22.7 Å². The van der Waals surface area contributed by atoms with Gasteiger partial charge in [0.05, 0.1) is 7.11 Å². The van der Waals surface area contributed by atoms with E-state index >= 15 is 0 Å². The van der Waals surface area contributed by atoms with Crippen molar-refractivity contribution in [3.05, 3.63) is 64.7 Å². The van der Waals surface area contributed by atoms with Gasteiger partial charge in [-0.15, -0.1) is 0 Å². The second-order valence-electron chi connectivity index (χ2n) is 4.09. The van der Waals surface area contributed by atoms with Crippen LogP contribution in [0.5, 0.6) is 5.75 Å². The number of methoxy groups -OCH3 is 1. The Kier molecular flexibility index (Phi) is 3.94. The highest BCUT2D eigenvalue weighted by Gasteiger charge is 2.19. The Balaban J connectivity index is 2.43. The van der Waals surface area contributed by atoms with Crippen molar-refractivity contribution in [2.24, 2.45) is 0 Å². The standard InChI is InChI=1S/C14H10F4O2/c1-20-8-2-3-9(10(15)6-8)14(19)7-4-11(16)13(18)12(17)5-7/h2-6,14,19H,1H3. The van der Waals surface area contributed by atoms with Gasteiger partial charge in [0.2, 0.25) is 0 Å². The minimum Gasteiger partial charge on any atom is -0.497 e. The third-order valence-electron chi connectivity index (χ3n) is 2.82. The maximum Gasteiger partial charge on any atom is 0.194 e. The number of rotatable bonds is 3. The maximum absolute atomic E-state index is 13.8. The Bertz CT molecular complexity index is 620. The Morgan fingerprint density at radius 3 is 2.05 bits per heavy atom. The van der Waals surface area contributed by atoms with Gasteiger partial charge in [-0.2, -0.15) is 0 Å². The molecule has 1 unspecified atom stereocenters. The van der Waals surface area contributed by atoms with E-state index in [0.717, 1.165) is 6.07 Å². The Hall–Kier alpha value is -2.08. The summed E-state index contributed by atoms with van der Waals surface area (Å²) in [6, 6.07) is 4.87. The molecule has 2 rings (SSSR count). The first kappa shape index (κ1) is 14.3. The summed E-state index contributed by atoms with van der Waals surface area (Å²) in [5.74, 6) is -5.12. The van der Waals surface area contributed by atoms with Gasteiger partial charge in [0.25, 0.3) is 0 Å². The number of halogens is 4. The fourth-order valence-electron chi connectivity index (χ4n) is 1.77. The fraction of sp³-hybridized carbons (Fsp3) is 0.143. The van der Waals surface area contributed by atoms with Crippen molar-refractivity contribution < 1.29 is 27.4 Å². The highest BCUT2D eigenvalue weighted by Crippen LogP contribution is 2.28. The SMILES string of the molecule is COc1ccc(C(O)c2cc(F)c(F)c(F)c2)c(F)c1. The summed E-state index contributed by atoms with van der Waals surface area (Å²) in [5, 5.41) is 9.94. The number of hydrogen-bond acceptors (Lipinski definition) is 2. The molecule has 1 atom stereocenters. The van der Waals surface area contributed by atoms with E-state index in [-0.39, 0.29) is 16.9 Å². The molecule has 0 fully saturated rings. The quantitative estimate of drug-likeness (QED) is 0.692. The van der Waals surface area contributed by atoms with Gasteiger partial charge in [-0.05, 0) is 29.8 Å². The van der Waals surface area contributed by atoms with Gasteiger partial charge in [-0.1, -0.05) is 0 Å². The summed E-state index contributed by atoms with van der Waals surface area (Å²) in [6.45, 7) is 0. The molecule has 2 aromatic carbocycles. The van der Waals surface area contributed by atoms with Crippen LogP contribution in [0.3, 0.4) is 0 Å². The highest BCUT2D eigenvalue weighted by molar-refractivity contribution is 5.35. The average Bonchev–Trinajstić information content (AvgIpc) is 2.43. The lowest BCUT2D eigenvalue weighted by molar-refractivity contribution is 0.213. The lowest BCUT2D eigenvalue weighted by Gasteiger charge is -2.14. The zero-order chi connectivity index (χ0) is 14.9. The van der Waals surface area contributed by atoms with E-state index in [1.165, 1.54) is 19.2 Å². The molecule has 0 saturated heterocycles. The van der Waals surface area contributed by atoms with Crippen LogP contribution in [-0.2, 0) is 0 Å². The first-order valence-electron chi connectivity index (χ1n) is 5.60. The predicted octanol–water partition coefficient (Wildman–Crippen LogP) is 3.33. The Labute approximate surface area is 112 Å². The van der Waals surface area contributed by atoms with E-state index in [0.29, 0.717) is 12.1 Å². The minimum atomic E-state index is -1.64. The molecule has 0 aliphatic heterocycles. The molecular formula is C14H10F4O2. The topological polar surface area (TPSA) is 29.5 Å². The van der Waals surface area contributed by atoms with Crippen LogP contribution in [0.15, 0.2) is 30.3 Å². The summed E-state index contributed by atoms with van der Waals surface area (Å²) in [4.78, 5) is 0. The van der Waals surface area contributed by atoms with Crippen LogP contribution >= 0.6 is 0 Å². The molecule has 1 N–H and O–H groups in total. The van der Waals surface area contributed by atoms with Gasteiger partial charge in [-0.3, -0.25) is 0 Å². The molecule has 0 heterocycles. The summed E-state index contributed by atoms with van der Waals surface area (Å²) in [6.07, 6.45) is -1.62. The number of ether oxygens (including phenoxy) is 1. The Morgan fingerprint density at radius 2 is 1.55 bits per heavy atom. The van der Waals surface area contributed by atoms with Crippen LogP contribution in [0.2, 0.25) is 0 Å². The molecule has 106 valence electrons. The van der Waals surface area contributed by atoms with Crippen molar-refractivity contribution in [1.82, 2.24) is 0 Å². The molecule has 0 aliphatic carbocycles. The van der Waals surface area contributed by atoms with Gasteiger partial charge in [0.1, 0.15) is 17.7 Å². The van der Waals surface area contributed by atoms with E-state index in [1.807, 2.05) is 0 Å². The van der Waals surface area contributed by atoms with Gasteiger partial charge in [0, 0.05) is 11.6 Å². The van der Waals surface area contributed by atoms with E-state index in [1.54, 1.807) is 0 Å². The van der Waals surface area contributed by atoms with E-state index in [4.69, 9.17) is 4.74 Å². The average molecular weight is 286 g/mol. The predicted molar refractivity (Wildman–Crippen MR) is 63.3 cm³/mol. The van der Waals surface area contributed by atoms with Crippen LogP contribution in [-0.4, -0.2) is 12.2 Å². The smallest absolute Gasteiger partial charge is 0.194 e. The summed E-state index contributed by atoms with van der Waals surface area (Å²) in [7, 11) is 1.34. The molecule has 2 aromatic rings. The van der Waals surface area contributed by atoms with Gasteiger partial charge in [0.15, 0.2) is 17.5 Å². The van der Waals surface area contributed by atoms with Crippen molar-refractivity contribution in [2.45, 2.75) is 6.10 Å². The largest absolute Gasteiger partial charge is 0.497 e. The van der Waals surface area contributed by atoms with Crippen LogP contribution in [0.4, 0.5) is 17.6 Å². The zero-order valence-corrected chi connectivity index (χ0v) is 10.3. The minimum absolute atomic E-state index is 0.198. The summed E-state index contributed by atoms with van der Waals surface area (Å²) < 4.78 is 57.6.